The van der Waals surface area contributed by atoms with E-state index in [1.165, 1.54) is 5.56 Å². The van der Waals surface area contributed by atoms with Crippen molar-refractivity contribution >= 4 is 44.0 Å². The number of thiazole rings is 1. The van der Waals surface area contributed by atoms with Crippen LogP contribution in [0.1, 0.15) is 51.1 Å². The number of thiophene rings is 1. The monoisotopic (exact) mass is 415 g/mol. The number of carbonyl (C=O) groups excluding carboxylic acids is 1. The molecular weight excluding hydrogens is 390 g/mol. The molecule has 0 aliphatic carbocycles. The first-order valence-corrected chi connectivity index (χ1v) is 11.1. The molecule has 3 heterocycles. The first kappa shape index (κ1) is 19.2. The minimum Gasteiger partial charge on any atom is -0.444 e. The summed E-state index contributed by atoms with van der Waals surface area (Å²) in [6, 6.07) is 8.09. The number of para-hydroxylation sites is 1. The van der Waals surface area contributed by atoms with E-state index in [1.807, 2.05) is 43.9 Å². The smallest absolute Gasteiger partial charge is 0.411 e. The van der Waals surface area contributed by atoms with Gasteiger partial charge in [-0.25, -0.2) is 9.78 Å². The highest BCUT2D eigenvalue weighted by atomic mass is 32.1. The summed E-state index contributed by atoms with van der Waals surface area (Å²) in [7, 11) is 0. The van der Waals surface area contributed by atoms with Crippen LogP contribution < -0.4 is 5.73 Å². The number of hydrogen-bond donors (Lipinski definition) is 1. The fourth-order valence-electron chi connectivity index (χ4n) is 3.81. The third-order valence-electron chi connectivity index (χ3n) is 4.95. The van der Waals surface area contributed by atoms with Gasteiger partial charge < -0.3 is 10.5 Å². The molecule has 148 valence electrons. The van der Waals surface area contributed by atoms with Gasteiger partial charge in [0.25, 0.3) is 0 Å². The lowest BCUT2D eigenvalue weighted by atomic mass is 9.93. The van der Waals surface area contributed by atoms with Gasteiger partial charge in [0, 0.05) is 16.5 Å². The van der Waals surface area contributed by atoms with Gasteiger partial charge in [0.1, 0.15) is 10.6 Å². The molecule has 5 nitrogen and oxygen atoms in total. The number of nitrogens with zero attached hydrogens (tertiary/aromatic N) is 2. The van der Waals surface area contributed by atoms with Crippen LogP contribution in [0.15, 0.2) is 24.3 Å². The molecule has 2 N–H and O–H groups in total. The second-order valence-electron chi connectivity index (χ2n) is 8.29. The zero-order chi connectivity index (χ0) is 20.2. The number of carbonyl (C=O) groups is 1. The molecule has 0 fully saturated rings. The Labute approximate surface area is 173 Å². The summed E-state index contributed by atoms with van der Waals surface area (Å²) in [5.41, 5.74) is 9.20. The van der Waals surface area contributed by atoms with Gasteiger partial charge in [0.15, 0.2) is 0 Å². The van der Waals surface area contributed by atoms with Crippen LogP contribution in [0.2, 0.25) is 0 Å². The van der Waals surface area contributed by atoms with Crippen LogP contribution in [0, 0.1) is 0 Å². The van der Waals surface area contributed by atoms with E-state index in [-0.39, 0.29) is 18.2 Å². The Morgan fingerprint density at radius 1 is 1.25 bits per heavy atom. The summed E-state index contributed by atoms with van der Waals surface area (Å²) in [4.78, 5) is 20.6. The summed E-state index contributed by atoms with van der Waals surface area (Å²) in [5.74, 6) is 0. The topological polar surface area (TPSA) is 68.5 Å². The van der Waals surface area contributed by atoms with Crippen molar-refractivity contribution in [3.8, 4) is 10.6 Å². The Morgan fingerprint density at radius 3 is 2.64 bits per heavy atom. The molecule has 0 bridgehead atoms. The molecule has 1 aliphatic rings. The van der Waals surface area contributed by atoms with E-state index in [4.69, 9.17) is 15.5 Å². The molecule has 4 rings (SSSR count). The molecule has 2 unspecified atom stereocenters. The maximum absolute atomic E-state index is 12.8. The maximum Gasteiger partial charge on any atom is 0.411 e. The first-order chi connectivity index (χ1) is 13.2. The van der Waals surface area contributed by atoms with Crippen molar-refractivity contribution < 1.29 is 9.53 Å². The number of anilines is 1. The highest BCUT2D eigenvalue weighted by Crippen LogP contribution is 2.48. The van der Waals surface area contributed by atoms with Crippen LogP contribution in [0.25, 0.3) is 20.8 Å². The quantitative estimate of drug-likeness (QED) is 0.541. The molecule has 0 radical (unpaired) electrons. The number of ether oxygens (including phenoxy) is 1. The normalized spacial score (nSPS) is 19.7. The Morgan fingerprint density at radius 2 is 1.96 bits per heavy atom. The SMILES string of the molecule is CC1Cc2c(sc(N)c2-c2nc3ccccc3s2)C(C)N1C(=O)OC(C)(C)C. The molecule has 2 aromatic heterocycles. The van der Waals surface area contributed by atoms with Crippen LogP contribution in [-0.2, 0) is 11.2 Å². The van der Waals surface area contributed by atoms with E-state index < -0.39 is 5.60 Å². The Bertz CT molecular complexity index is 1010. The van der Waals surface area contributed by atoms with Crippen LogP contribution in [0.4, 0.5) is 9.80 Å². The fourth-order valence-corrected chi connectivity index (χ4v) is 6.08. The highest BCUT2D eigenvalue weighted by molar-refractivity contribution is 7.22. The van der Waals surface area contributed by atoms with Gasteiger partial charge in [-0.2, -0.15) is 0 Å². The lowest BCUT2D eigenvalue weighted by molar-refractivity contribution is 0.00638. The van der Waals surface area contributed by atoms with Gasteiger partial charge in [-0.05, 0) is 58.7 Å². The molecule has 1 aromatic carbocycles. The van der Waals surface area contributed by atoms with Gasteiger partial charge in [-0.15, -0.1) is 22.7 Å². The number of nitrogens with two attached hydrogens (primary N) is 1. The average molecular weight is 416 g/mol. The molecule has 0 saturated carbocycles. The molecule has 2 atom stereocenters. The minimum atomic E-state index is -0.516. The molecule has 3 aromatic rings. The number of amides is 1. The van der Waals surface area contributed by atoms with Gasteiger partial charge >= 0.3 is 6.09 Å². The summed E-state index contributed by atoms with van der Waals surface area (Å²) < 4.78 is 6.80. The summed E-state index contributed by atoms with van der Waals surface area (Å²) in [6.07, 6.45) is 0.476. The van der Waals surface area contributed by atoms with Gasteiger partial charge in [-0.3, -0.25) is 4.90 Å². The van der Waals surface area contributed by atoms with Crippen molar-refractivity contribution in [3.63, 3.8) is 0 Å². The van der Waals surface area contributed by atoms with Crippen molar-refractivity contribution in [2.24, 2.45) is 0 Å². The molecular formula is C21H25N3O2S2. The van der Waals surface area contributed by atoms with E-state index in [2.05, 4.69) is 19.9 Å². The van der Waals surface area contributed by atoms with E-state index in [9.17, 15) is 4.79 Å². The Balaban J connectivity index is 1.74. The van der Waals surface area contributed by atoms with Crippen LogP contribution in [-0.4, -0.2) is 27.6 Å². The third kappa shape index (κ3) is 3.26. The second kappa shape index (κ2) is 6.74. The lowest BCUT2D eigenvalue weighted by Crippen LogP contribution is -2.46. The molecule has 28 heavy (non-hydrogen) atoms. The number of benzene rings is 1. The van der Waals surface area contributed by atoms with Gasteiger partial charge in [0.05, 0.1) is 21.3 Å². The standard InChI is InChI=1S/C21H25N3O2S2/c1-11-10-13-16(19-23-14-8-6-7-9-15(14)27-19)18(22)28-17(13)12(2)24(11)20(25)26-21(3,4)5/h6-9,11-12H,10,22H2,1-5H3. The minimum absolute atomic E-state index is 0.0273. The van der Waals surface area contributed by atoms with E-state index >= 15 is 0 Å². The van der Waals surface area contributed by atoms with E-state index in [0.717, 1.165) is 37.1 Å². The number of fused-ring (bicyclic) bond motifs is 2. The zero-order valence-corrected chi connectivity index (χ0v) is 18.4. The van der Waals surface area contributed by atoms with E-state index in [0.29, 0.717) is 0 Å². The number of hydrogen-bond acceptors (Lipinski definition) is 6. The molecule has 1 amide bonds. The Kier molecular flexibility index (Phi) is 4.62. The molecule has 0 spiro atoms. The third-order valence-corrected chi connectivity index (χ3v) is 7.23. The molecule has 0 saturated heterocycles. The van der Waals surface area contributed by atoms with Crippen LogP contribution in [0.3, 0.4) is 0 Å². The van der Waals surface area contributed by atoms with Crippen molar-refractivity contribution in [3.05, 3.63) is 34.7 Å². The average Bonchev–Trinajstić information content (AvgIpc) is 3.13. The van der Waals surface area contributed by atoms with Gasteiger partial charge in [0.2, 0.25) is 0 Å². The largest absolute Gasteiger partial charge is 0.444 e. The summed E-state index contributed by atoms with van der Waals surface area (Å²) in [6.45, 7) is 9.80. The van der Waals surface area contributed by atoms with Crippen molar-refractivity contribution in [2.75, 3.05) is 5.73 Å². The number of nitrogen functional groups attached to an aromatic ring is 1. The van der Waals surface area contributed by atoms with Crippen molar-refractivity contribution in [1.82, 2.24) is 9.88 Å². The molecule has 7 heteroatoms. The maximum atomic E-state index is 12.8. The van der Waals surface area contributed by atoms with Crippen LogP contribution >= 0.6 is 22.7 Å². The van der Waals surface area contributed by atoms with Crippen molar-refractivity contribution in [1.29, 1.82) is 0 Å². The number of rotatable bonds is 1. The summed E-state index contributed by atoms with van der Waals surface area (Å²) in [5, 5.41) is 1.73. The predicted molar refractivity (Wildman–Crippen MR) is 117 cm³/mol. The molecule has 1 aliphatic heterocycles. The lowest BCUT2D eigenvalue weighted by Gasteiger charge is -2.39. The zero-order valence-electron chi connectivity index (χ0n) is 16.8. The first-order valence-electron chi connectivity index (χ1n) is 9.44. The second-order valence-corrected chi connectivity index (χ2v) is 10.4. The summed E-state index contributed by atoms with van der Waals surface area (Å²) >= 11 is 3.24. The predicted octanol–water partition coefficient (Wildman–Crippen LogP) is 5.85. The van der Waals surface area contributed by atoms with Crippen molar-refractivity contribution in [2.45, 2.75) is 58.7 Å². The van der Waals surface area contributed by atoms with Crippen LogP contribution in [0.5, 0.6) is 0 Å². The Hall–Kier alpha value is -2.12. The van der Waals surface area contributed by atoms with Gasteiger partial charge in [-0.1, -0.05) is 12.1 Å². The van der Waals surface area contributed by atoms with E-state index in [1.54, 1.807) is 22.7 Å². The fraction of sp³-hybridized carbons (Fsp3) is 0.429. The highest BCUT2D eigenvalue weighted by Gasteiger charge is 2.39. The number of aromatic nitrogens is 1.